The van der Waals surface area contributed by atoms with Crippen LogP contribution in [0.15, 0.2) is 114 Å². The molecule has 0 unspecified atom stereocenters. The van der Waals surface area contributed by atoms with E-state index in [0.29, 0.717) is 5.69 Å². The largest absolute Gasteiger partial charge is 0.274 e. The predicted octanol–water partition coefficient (Wildman–Crippen LogP) is 7.41. The maximum absolute atomic E-state index is 14.8. The van der Waals surface area contributed by atoms with Crippen molar-refractivity contribution in [1.82, 2.24) is 0 Å². The first kappa shape index (κ1) is 24.0. The van der Waals surface area contributed by atoms with Gasteiger partial charge in [0.25, 0.3) is 0 Å². The summed E-state index contributed by atoms with van der Waals surface area (Å²) in [5, 5.41) is 1.90. The number of aryl methyl sites for hydroxylation is 1. The molecule has 5 aromatic rings. The second-order valence-electron chi connectivity index (χ2n) is 11.5. The number of rotatable bonds is 3. The minimum Gasteiger partial charge on any atom is -0.274 e. The van der Waals surface area contributed by atoms with Gasteiger partial charge in [0.2, 0.25) is 11.8 Å². The highest BCUT2D eigenvalue weighted by atomic mass is 16.2. The monoisotopic (exact) mass is 532 g/mol. The first-order valence-electron chi connectivity index (χ1n) is 14.2. The molecule has 9 rings (SSSR count). The topological polar surface area (TPSA) is 49.7 Å². The molecule has 1 aliphatic heterocycles. The molecule has 2 atom stereocenters. The average Bonchev–Trinajstić information content (AvgIpc) is 3.28. The summed E-state index contributed by atoms with van der Waals surface area (Å²) in [6.07, 6.45) is 1.98. The summed E-state index contributed by atoms with van der Waals surface area (Å²) in [4.78, 5) is 36.0. The number of amides is 2. The Labute approximate surface area is 239 Å². The lowest BCUT2D eigenvalue weighted by Gasteiger charge is -2.52. The zero-order valence-electron chi connectivity index (χ0n) is 22.9. The fraction of sp³-hybridized carbons (Fsp3) is 0.162. The van der Waals surface area contributed by atoms with E-state index in [1.54, 1.807) is 0 Å². The Hall–Kier alpha value is -4.83. The molecule has 3 aliphatic carbocycles. The third-order valence-electron chi connectivity index (χ3n) is 9.67. The number of benzene rings is 5. The van der Waals surface area contributed by atoms with Crippen LogP contribution in [0.1, 0.15) is 39.3 Å². The minimum absolute atomic E-state index is 0.130. The van der Waals surface area contributed by atoms with Crippen LogP contribution >= 0.6 is 0 Å². The summed E-state index contributed by atoms with van der Waals surface area (Å²) in [5.41, 5.74) is 7.28. The van der Waals surface area contributed by atoms with E-state index in [-0.39, 0.29) is 17.7 Å². The molecular formula is C37H28N2O2. The van der Waals surface area contributed by atoms with Gasteiger partial charge in [-0.1, -0.05) is 97.1 Å². The lowest BCUT2D eigenvalue weighted by molar-refractivity contribution is -0.122. The van der Waals surface area contributed by atoms with Crippen molar-refractivity contribution in [3.63, 3.8) is 0 Å². The van der Waals surface area contributed by atoms with Gasteiger partial charge in [-0.25, -0.2) is 4.90 Å². The van der Waals surface area contributed by atoms with Gasteiger partial charge in [0.15, 0.2) is 0 Å². The van der Waals surface area contributed by atoms with E-state index in [2.05, 4.69) is 44.2 Å². The van der Waals surface area contributed by atoms with Gasteiger partial charge in [0.1, 0.15) is 0 Å². The van der Waals surface area contributed by atoms with Crippen LogP contribution in [0.2, 0.25) is 0 Å². The SMILES string of the molecule is Cc1cccc(N=CC23c4ccccc4C(c4ccccc42)[C@H]2C(=O)N(c4cccc5ccccc45)C(=O)[C@@H]23)c1C. The molecule has 4 aliphatic rings. The third kappa shape index (κ3) is 3.08. The van der Waals surface area contributed by atoms with Crippen LogP contribution in [0.25, 0.3) is 10.8 Å². The highest BCUT2D eigenvalue weighted by Crippen LogP contribution is 2.64. The van der Waals surface area contributed by atoms with Gasteiger partial charge in [-0.3, -0.25) is 14.6 Å². The Bertz CT molecular complexity index is 1900. The standard InChI is InChI=1S/C37H28N2O2/c1-22-11-9-19-30(23(22)2)38-21-37-28-17-7-5-15-26(28)32(27-16-6-8-18-29(27)37)33-34(37)36(41)39(35(33)40)31-20-10-13-24-12-3-4-14-25(24)31/h3-21,32-34H,1-2H3/t32?,33-,34-,37?/m1/s1. The van der Waals surface area contributed by atoms with Crippen LogP contribution in [-0.4, -0.2) is 18.0 Å². The van der Waals surface area contributed by atoms with Crippen LogP contribution in [-0.2, 0) is 15.0 Å². The molecule has 2 bridgehead atoms. The summed E-state index contributed by atoms with van der Waals surface area (Å²) >= 11 is 0. The van der Waals surface area contributed by atoms with Crippen molar-refractivity contribution in [2.75, 3.05) is 4.90 Å². The zero-order valence-corrected chi connectivity index (χ0v) is 22.9. The second kappa shape index (κ2) is 8.58. The van der Waals surface area contributed by atoms with Crippen molar-refractivity contribution >= 4 is 40.2 Å². The van der Waals surface area contributed by atoms with Crippen molar-refractivity contribution in [1.29, 1.82) is 0 Å². The van der Waals surface area contributed by atoms with Gasteiger partial charge in [0, 0.05) is 17.5 Å². The predicted molar refractivity (Wildman–Crippen MR) is 163 cm³/mol. The minimum atomic E-state index is -0.880. The van der Waals surface area contributed by atoms with Crippen LogP contribution in [0.4, 0.5) is 11.4 Å². The number of anilines is 1. The van der Waals surface area contributed by atoms with Crippen molar-refractivity contribution < 1.29 is 9.59 Å². The fourth-order valence-corrected chi connectivity index (χ4v) is 7.74. The van der Waals surface area contributed by atoms with Crippen LogP contribution in [0.3, 0.4) is 0 Å². The number of carbonyl (C=O) groups is 2. The lowest BCUT2D eigenvalue weighted by atomic mass is 9.47. The van der Waals surface area contributed by atoms with Gasteiger partial charge in [-0.2, -0.15) is 0 Å². The molecule has 1 fully saturated rings. The Kier molecular flexibility index (Phi) is 5.03. The Morgan fingerprint density at radius 2 is 1.34 bits per heavy atom. The van der Waals surface area contributed by atoms with E-state index in [9.17, 15) is 9.59 Å². The van der Waals surface area contributed by atoms with Gasteiger partial charge < -0.3 is 0 Å². The van der Waals surface area contributed by atoms with E-state index < -0.39 is 17.3 Å². The number of imide groups is 1. The number of nitrogens with zero attached hydrogens (tertiary/aromatic N) is 2. The van der Waals surface area contributed by atoms with Gasteiger partial charge in [0.05, 0.1) is 28.6 Å². The molecule has 41 heavy (non-hydrogen) atoms. The highest BCUT2D eigenvalue weighted by molar-refractivity contribution is 6.27. The Morgan fingerprint density at radius 3 is 2.10 bits per heavy atom. The van der Waals surface area contributed by atoms with Crippen molar-refractivity contribution in [3.05, 3.63) is 143 Å². The van der Waals surface area contributed by atoms with Crippen molar-refractivity contribution in [3.8, 4) is 0 Å². The van der Waals surface area contributed by atoms with Crippen molar-refractivity contribution in [2.24, 2.45) is 16.8 Å². The van der Waals surface area contributed by atoms with Gasteiger partial charge >= 0.3 is 0 Å². The third-order valence-corrected chi connectivity index (χ3v) is 9.67. The summed E-state index contributed by atoms with van der Waals surface area (Å²) in [7, 11) is 0. The highest BCUT2D eigenvalue weighted by Gasteiger charge is 2.68. The van der Waals surface area contributed by atoms with Crippen LogP contribution < -0.4 is 4.90 Å². The summed E-state index contributed by atoms with van der Waals surface area (Å²) < 4.78 is 0. The average molecular weight is 533 g/mol. The molecular weight excluding hydrogens is 504 g/mol. The van der Waals surface area contributed by atoms with Crippen LogP contribution in [0, 0.1) is 25.7 Å². The molecule has 0 spiro atoms. The number of hydrogen-bond acceptors (Lipinski definition) is 3. The molecule has 5 aromatic carbocycles. The van der Waals surface area contributed by atoms with Gasteiger partial charge in [-0.15, -0.1) is 0 Å². The fourth-order valence-electron chi connectivity index (χ4n) is 7.74. The van der Waals surface area contributed by atoms with E-state index in [0.717, 1.165) is 49.8 Å². The molecule has 4 nitrogen and oxygen atoms in total. The van der Waals surface area contributed by atoms with Crippen molar-refractivity contribution in [2.45, 2.75) is 25.2 Å². The van der Waals surface area contributed by atoms with Crippen LogP contribution in [0.5, 0.6) is 0 Å². The molecule has 2 amide bonds. The second-order valence-corrected chi connectivity index (χ2v) is 11.5. The molecule has 1 heterocycles. The lowest BCUT2D eigenvalue weighted by Crippen LogP contribution is -2.54. The maximum atomic E-state index is 14.8. The summed E-state index contributed by atoms with van der Waals surface area (Å²) in [5.74, 6) is -1.60. The smallest absolute Gasteiger partial charge is 0.239 e. The number of fused-ring (bicyclic) bond motifs is 1. The molecule has 4 heteroatoms. The van der Waals surface area contributed by atoms with E-state index >= 15 is 0 Å². The zero-order chi connectivity index (χ0) is 27.9. The van der Waals surface area contributed by atoms with E-state index in [1.807, 2.05) is 85.1 Å². The maximum Gasteiger partial charge on any atom is 0.239 e. The molecule has 0 N–H and O–H groups in total. The first-order valence-corrected chi connectivity index (χ1v) is 14.2. The van der Waals surface area contributed by atoms with E-state index in [1.165, 1.54) is 4.90 Å². The number of carbonyl (C=O) groups excluding carboxylic acids is 2. The summed E-state index contributed by atoms with van der Waals surface area (Å²) in [6.45, 7) is 4.16. The normalized spacial score (nSPS) is 24.1. The molecule has 1 saturated heterocycles. The Balaban J connectivity index is 1.41. The number of aliphatic imine (C=N–C) groups is 1. The van der Waals surface area contributed by atoms with Gasteiger partial charge in [-0.05, 0) is 64.7 Å². The first-order chi connectivity index (χ1) is 20.0. The van der Waals surface area contributed by atoms with E-state index in [4.69, 9.17) is 4.99 Å². The summed E-state index contributed by atoms with van der Waals surface area (Å²) in [6, 6.07) is 36.6. The molecule has 0 aromatic heterocycles. The molecule has 0 radical (unpaired) electrons. The number of hydrogen-bond donors (Lipinski definition) is 0. The molecule has 0 saturated carbocycles. The quantitative estimate of drug-likeness (QED) is 0.179. The molecule has 198 valence electrons. The Morgan fingerprint density at radius 1 is 0.707 bits per heavy atom.